The Bertz CT molecular complexity index is 3470. The maximum Gasteiger partial charge on any atom is 0.305 e. The van der Waals surface area contributed by atoms with E-state index in [-0.39, 0.29) is 24.3 Å². The molecule has 0 aromatic heterocycles. The number of carboxylic acid groups (broad SMARTS) is 2. The number of hydrogen-bond donors (Lipinski definition) is 27. The van der Waals surface area contributed by atoms with Crippen molar-refractivity contribution < 1.29 is 117 Å². The van der Waals surface area contributed by atoms with E-state index in [1.165, 1.54) is 52.0 Å². The minimum atomic E-state index is -1.84. The van der Waals surface area contributed by atoms with E-state index in [4.69, 9.17) is 16.6 Å². The number of carbonyl (C=O) groups is 19. The Kier molecular flexibility index (Phi) is 42.0. The van der Waals surface area contributed by atoms with Crippen molar-refractivity contribution in [1.29, 1.82) is 0 Å². The second kappa shape index (κ2) is 48.0. The first-order valence-corrected chi connectivity index (χ1v) is 36.9. The molecule has 0 spiro atoms. The summed E-state index contributed by atoms with van der Waals surface area (Å²) in [6.07, 6.45) is -5.26. The normalized spacial score (nSPS) is 17.0. The molecule has 1 aromatic rings. The summed E-state index contributed by atoms with van der Waals surface area (Å²) < 4.78 is 0. The molecule has 42 nitrogen and oxygen atoms in total. The third kappa shape index (κ3) is 33.2. The number of nitrogens with two attached hydrogens (primary N) is 2. The molecule has 46 heteroatoms. The first-order valence-electron chi connectivity index (χ1n) is 34.4. The Labute approximate surface area is 653 Å². The molecule has 0 aliphatic carbocycles. The van der Waals surface area contributed by atoms with E-state index in [2.05, 4.69) is 136 Å². The van der Waals surface area contributed by atoms with Crippen molar-refractivity contribution in [2.24, 2.45) is 17.4 Å². The number of aliphatic carboxylic acids is 2. The minimum Gasteiger partial charge on any atom is -0.508 e. The fraction of sp³-hybridized carbons (Fsp3) is 0.609. The third-order valence-electron chi connectivity index (χ3n) is 16.6. The van der Waals surface area contributed by atoms with Crippen LogP contribution in [0.15, 0.2) is 24.3 Å². The highest BCUT2D eigenvalue weighted by atomic mass is 32.1. The van der Waals surface area contributed by atoms with Crippen molar-refractivity contribution in [2.75, 3.05) is 36.1 Å². The number of primary amides is 2. The largest absolute Gasteiger partial charge is 0.508 e. The molecule has 0 bridgehead atoms. The average molecular weight is 1630 g/mol. The zero-order valence-corrected chi connectivity index (χ0v) is 64.6. The van der Waals surface area contributed by atoms with Gasteiger partial charge in [0.15, 0.2) is 0 Å². The second-order valence-corrected chi connectivity index (χ2v) is 27.1. The van der Waals surface area contributed by atoms with Gasteiger partial charge in [-0.1, -0.05) is 32.4 Å². The van der Waals surface area contributed by atoms with Crippen LogP contribution in [-0.4, -0.2) is 277 Å². The van der Waals surface area contributed by atoms with Gasteiger partial charge in [0.25, 0.3) is 0 Å². The van der Waals surface area contributed by atoms with Crippen LogP contribution in [0.2, 0.25) is 0 Å². The molecule has 1 saturated heterocycles. The molecule has 1 heterocycles. The van der Waals surface area contributed by atoms with Crippen LogP contribution in [0.5, 0.6) is 5.75 Å². The molecule has 2 rings (SSSR count). The number of aliphatic hydroxyl groups excluding tert-OH is 2. The number of nitrogens with one attached hydrogen (secondary N) is 16. The number of hydrogen-bond acceptors (Lipinski definition) is 27. The van der Waals surface area contributed by atoms with Crippen molar-refractivity contribution >= 4 is 163 Å². The van der Waals surface area contributed by atoms with Crippen molar-refractivity contribution in [2.45, 2.75) is 203 Å². The number of benzene rings is 1. The monoisotopic (exact) mass is 1630 g/mol. The van der Waals surface area contributed by atoms with Gasteiger partial charge in [0.2, 0.25) is 100 Å². The summed E-state index contributed by atoms with van der Waals surface area (Å²) in [6, 6.07) is -17.7. The van der Waals surface area contributed by atoms with E-state index < -0.39 is 271 Å². The number of phenols is 1. The number of phenolic OH excluding ortho intramolecular Hbond substituents is 1. The fourth-order valence-corrected chi connectivity index (χ4v) is 11.0. The lowest BCUT2D eigenvalue weighted by atomic mass is 9.97. The first-order chi connectivity index (χ1) is 51.5. The van der Waals surface area contributed by atoms with Crippen LogP contribution < -0.4 is 96.5 Å². The Morgan fingerprint density at radius 2 is 0.845 bits per heavy atom. The van der Waals surface area contributed by atoms with Crippen LogP contribution in [0, 0.1) is 5.92 Å². The number of rotatable bonds is 48. The Morgan fingerprint density at radius 1 is 0.455 bits per heavy atom. The van der Waals surface area contributed by atoms with Gasteiger partial charge < -0.3 is 122 Å². The topological polar surface area (TPSA) is 670 Å². The predicted molar refractivity (Wildman–Crippen MR) is 400 cm³/mol. The summed E-state index contributed by atoms with van der Waals surface area (Å²) in [5, 5.41) is 87.2. The Morgan fingerprint density at radius 3 is 1.29 bits per heavy atom. The fourth-order valence-electron chi connectivity index (χ4n) is 10.00. The summed E-state index contributed by atoms with van der Waals surface area (Å²) in [6.45, 7) is 8.61. The standard InChI is InChI=1S/C64H100N18O24S4/c1-8-26(2)47(80-55(97)35(15-16-45(88)89)73-60(102)41(24-109)79-64(106)49(31(7)84)82-57(99)38(19-43(65)86)76-54(96)34-10-9-17-67-34)63(105)78-40(23-108)58(100)71-29(5)52(94)75-37(18-32-11-13-33(85)14-12-32)56(98)70-27(3)51(93)69-28(4)53(95)77-42(25-110)61(103)81-48(30(6)83)62(104)68-21-44(87)72-39(22-107)59(101)74-36(50(66)92)20-46(90)91/h11-14,26-31,34-42,47-49,67,83-85,107-110H,8-10,15-25H2,1-7H3,(H2,65,86)(H2,66,92)(H,68,104)(H,69,93)(H,70,98)(H,71,100)(H,72,87)(H,73,102)(H,74,101)(H,75,94)(H,76,96)(H,77,95)(H,78,105)(H,79,106)(H,80,97)(H,81,103)(H,82,99)(H,88,89)(H,90,91)/t26-,27-,28-,29-,30+,31+,34-,35-,36-,37-,38-,39-,40-,41-,42-,47-,48-,49-/m0/s1. The number of amides is 17. The van der Waals surface area contributed by atoms with Gasteiger partial charge in [-0.25, -0.2) is 0 Å². The molecular formula is C64H100N18O24S4. The van der Waals surface area contributed by atoms with Gasteiger partial charge in [-0.15, -0.1) is 0 Å². The van der Waals surface area contributed by atoms with Crippen molar-refractivity contribution in [3.63, 3.8) is 0 Å². The van der Waals surface area contributed by atoms with Crippen molar-refractivity contribution in [1.82, 2.24) is 85.1 Å². The number of carbonyl (C=O) groups excluding carboxylic acids is 17. The van der Waals surface area contributed by atoms with Crippen LogP contribution in [0.1, 0.15) is 99.0 Å². The van der Waals surface area contributed by atoms with Crippen LogP contribution in [-0.2, 0) is 97.5 Å². The van der Waals surface area contributed by atoms with E-state index in [1.807, 2.05) is 0 Å². The smallest absolute Gasteiger partial charge is 0.305 e. The number of carboxylic acids is 2. The van der Waals surface area contributed by atoms with Crippen LogP contribution >= 0.6 is 50.5 Å². The molecule has 18 atom stereocenters. The molecule has 1 fully saturated rings. The van der Waals surface area contributed by atoms with Gasteiger partial charge in [-0.05, 0) is 84.0 Å². The lowest BCUT2D eigenvalue weighted by Gasteiger charge is -2.29. The molecule has 614 valence electrons. The van der Waals surface area contributed by atoms with Crippen LogP contribution in [0.25, 0.3) is 0 Å². The molecule has 0 radical (unpaired) electrons. The van der Waals surface area contributed by atoms with Gasteiger partial charge in [-0.3, -0.25) is 91.1 Å². The molecule has 0 saturated carbocycles. The molecule has 1 aliphatic heterocycles. The quantitative estimate of drug-likeness (QED) is 0.0269. The number of aliphatic hydroxyl groups is 2. The summed E-state index contributed by atoms with van der Waals surface area (Å²) in [7, 11) is 0. The maximum atomic E-state index is 14.1. The Balaban J connectivity index is 2.21. The van der Waals surface area contributed by atoms with Gasteiger partial charge >= 0.3 is 11.9 Å². The molecule has 1 aromatic carbocycles. The van der Waals surface area contributed by atoms with Gasteiger partial charge in [0.05, 0.1) is 37.6 Å². The van der Waals surface area contributed by atoms with E-state index in [9.17, 15) is 112 Å². The number of thiol groups is 4. The summed E-state index contributed by atoms with van der Waals surface area (Å²) in [4.78, 5) is 249. The molecule has 25 N–H and O–H groups in total. The maximum absolute atomic E-state index is 14.1. The van der Waals surface area contributed by atoms with E-state index in [0.717, 1.165) is 13.8 Å². The zero-order chi connectivity index (χ0) is 83.6. The average Bonchev–Trinajstić information content (AvgIpc) is 0.879. The zero-order valence-electron chi connectivity index (χ0n) is 61.0. The minimum absolute atomic E-state index is 0.164. The highest BCUT2D eigenvalue weighted by Gasteiger charge is 2.39. The molecule has 1 aliphatic rings. The first kappa shape index (κ1) is 96.3. The molecule has 110 heavy (non-hydrogen) atoms. The van der Waals surface area contributed by atoms with E-state index >= 15 is 0 Å². The second-order valence-electron chi connectivity index (χ2n) is 25.6. The van der Waals surface area contributed by atoms with Crippen molar-refractivity contribution in [3.05, 3.63) is 29.8 Å². The van der Waals surface area contributed by atoms with E-state index in [1.54, 1.807) is 6.92 Å². The highest BCUT2D eigenvalue weighted by Crippen LogP contribution is 2.15. The molecule has 17 amide bonds. The third-order valence-corrected chi connectivity index (χ3v) is 18.1. The predicted octanol–water partition coefficient (Wildman–Crippen LogP) is -10.1. The molecule has 0 unspecified atom stereocenters. The van der Waals surface area contributed by atoms with Gasteiger partial charge in [-0.2, -0.15) is 50.5 Å². The van der Waals surface area contributed by atoms with Gasteiger partial charge in [0.1, 0.15) is 90.3 Å². The number of aromatic hydroxyl groups is 1. The van der Waals surface area contributed by atoms with Crippen molar-refractivity contribution in [3.8, 4) is 5.75 Å². The van der Waals surface area contributed by atoms with Crippen LogP contribution in [0.3, 0.4) is 0 Å². The summed E-state index contributed by atoms with van der Waals surface area (Å²) >= 11 is 16.4. The van der Waals surface area contributed by atoms with Crippen LogP contribution in [0.4, 0.5) is 0 Å². The summed E-state index contributed by atoms with van der Waals surface area (Å²) in [5.41, 5.74) is 10.8. The lowest BCUT2D eigenvalue weighted by Crippen LogP contribution is -2.62. The van der Waals surface area contributed by atoms with Gasteiger partial charge in [0, 0.05) is 35.9 Å². The lowest BCUT2D eigenvalue weighted by molar-refractivity contribution is -0.140. The summed E-state index contributed by atoms with van der Waals surface area (Å²) in [5.74, 6) is -23.2. The Hall–Kier alpha value is -9.77. The molecular weight excluding hydrogens is 1530 g/mol. The SMILES string of the molecule is CC[C@H](C)[C@H](NC(=O)[C@H](CCC(=O)O)NC(=O)[C@H](CS)NC(=O)[C@@H](NC(=O)[C@H](CC(N)=O)NC(=O)[C@@H]1CCCN1)[C@@H](C)O)C(=O)N[C@@H](CS)C(=O)N[C@@H](C)C(=O)N[C@@H](Cc1ccc(O)cc1)C(=O)N[C@@H](C)C(=O)N[C@@H](C)C(=O)N[C@@H](CS)C(=O)N[C@H](C(=O)NCC(=O)N[C@@H](CS)C(=O)N[C@@H](CC(=O)O)C(N)=O)[C@@H](C)O. The highest BCUT2D eigenvalue weighted by molar-refractivity contribution is 7.80. The van der Waals surface area contributed by atoms with E-state index in [0.29, 0.717) is 24.9 Å².